The van der Waals surface area contributed by atoms with Gasteiger partial charge in [0.25, 0.3) is 0 Å². The second-order valence-corrected chi connectivity index (χ2v) is 6.99. The molecule has 0 amide bonds. The van der Waals surface area contributed by atoms with E-state index in [2.05, 4.69) is 39.4 Å². The van der Waals surface area contributed by atoms with Crippen molar-refractivity contribution in [2.75, 3.05) is 50.8 Å². The Labute approximate surface area is 141 Å². The van der Waals surface area contributed by atoms with Crippen molar-refractivity contribution in [3.8, 4) is 11.5 Å². The third-order valence-corrected chi connectivity index (χ3v) is 5.45. The van der Waals surface area contributed by atoms with Crippen molar-refractivity contribution < 1.29 is 9.47 Å². The van der Waals surface area contributed by atoms with Crippen LogP contribution in [0.5, 0.6) is 11.5 Å². The minimum atomic E-state index is 0.644. The zero-order valence-electron chi connectivity index (χ0n) is 13.2. The van der Waals surface area contributed by atoms with Crippen LogP contribution in [0.3, 0.4) is 0 Å². The first-order chi connectivity index (χ1) is 11.4. The van der Waals surface area contributed by atoms with Gasteiger partial charge < -0.3 is 14.4 Å². The molecule has 0 radical (unpaired) electrons. The zero-order valence-corrected chi connectivity index (χ0v) is 14.1. The molecule has 2 aliphatic heterocycles. The highest BCUT2D eigenvalue weighted by molar-refractivity contribution is 7.09. The van der Waals surface area contributed by atoms with Gasteiger partial charge in [0.1, 0.15) is 13.2 Å². The van der Waals surface area contributed by atoms with Crippen LogP contribution in [-0.4, -0.2) is 50.8 Å². The molecule has 1 saturated heterocycles. The number of rotatable bonds is 4. The summed E-state index contributed by atoms with van der Waals surface area (Å²) in [6.07, 6.45) is 1.16. The van der Waals surface area contributed by atoms with Gasteiger partial charge in [-0.25, -0.2) is 0 Å². The Morgan fingerprint density at radius 2 is 1.83 bits per heavy atom. The van der Waals surface area contributed by atoms with E-state index in [9.17, 15) is 0 Å². The van der Waals surface area contributed by atoms with Gasteiger partial charge in [-0.05, 0) is 30.0 Å². The molecular formula is C18H22N2O2S. The van der Waals surface area contributed by atoms with Crippen molar-refractivity contribution in [1.82, 2.24) is 4.90 Å². The van der Waals surface area contributed by atoms with Crippen molar-refractivity contribution in [3.63, 3.8) is 0 Å². The number of anilines is 1. The topological polar surface area (TPSA) is 24.9 Å². The van der Waals surface area contributed by atoms with Gasteiger partial charge in [0.05, 0.1) is 5.69 Å². The van der Waals surface area contributed by atoms with E-state index in [0.717, 1.165) is 50.6 Å². The van der Waals surface area contributed by atoms with Crippen molar-refractivity contribution in [3.05, 3.63) is 40.6 Å². The molecule has 4 rings (SSSR count). The van der Waals surface area contributed by atoms with Gasteiger partial charge >= 0.3 is 0 Å². The van der Waals surface area contributed by atoms with Crippen LogP contribution >= 0.6 is 11.3 Å². The van der Waals surface area contributed by atoms with Crippen LogP contribution in [-0.2, 0) is 6.42 Å². The molecule has 5 heteroatoms. The number of para-hydroxylation sites is 1. The molecule has 0 unspecified atom stereocenters. The number of hydrogen-bond donors (Lipinski definition) is 0. The average Bonchev–Trinajstić information content (AvgIpc) is 3.14. The summed E-state index contributed by atoms with van der Waals surface area (Å²) in [5.41, 5.74) is 1.18. The Bertz CT molecular complexity index is 636. The first-order valence-corrected chi connectivity index (χ1v) is 9.16. The van der Waals surface area contributed by atoms with Crippen molar-refractivity contribution >= 4 is 17.0 Å². The van der Waals surface area contributed by atoms with Crippen LogP contribution in [0.2, 0.25) is 0 Å². The van der Waals surface area contributed by atoms with Crippen LogP contribution in [0.25, 0.3) is 0 Å². The van der Waals surface area contributed by atoms with E-state index >= 15 is 0 Å². The molecule has 0 aliphatic carbocycles. The quantitative estimate of drug-likeness (QED) is 0.861. The molecule has 0 spiro atoms. The number of fused-ring (bicyclic) bond motifs is 1. The number of ether oxygens (including phenoxy) is 2. The molecule has 0 bridgehead atoms. The van der Waals surface area contributed by atoms with E-state index in [-0.39, 0.29) is 0 Å². The highest BCUT2D eigenvalue weighted by Crippen LogP contribution is 2.39. The van der Waals surface area contributed by atoms with E-state index in [1.807, 2.05) is 17.4 Å². The molecule has 0 atom stereocenters. The summed E-state index contributed by atoms with van der Waals surface area (Å²) >= 11 is 1.86. The minimum absolute atomic E-state index is 0.644. The second-order valence-electron chi connectivity index (χ2n) is 5.96. The van der Waals surface area contributed by atoms with Gasteiger partial charge in [0, 0.05) is 37.6 Å². The molecule has 3 heterocycles. The Hall–Kier alpha value is -1.72. The van der Waals surface area contributed by atoms with E-state index in [1.54, 1.807) is 0 Å². The van der Waals surface area contributed by atoms with Crippen molar-refractivity contribution in [2.24, 2.45) is 0 Å². The highest BCUT2D eigenvalue weighted by Gasteiger charge is 2.23. The summed E-state index contributed by atoms with van der Waals surface area (Å²) in [4.78, 5) is 6.47. The molecule has 1 fully saturated rings. The van der Waals surface area contributed by atoms with Crippen LogP contribution < -0.4 is 14.4 Å². The molecule has 122 valence electrons. The Morgan fingerprint density at radius 3 is 2.65 bits per heavy atom. The number of benzene rings is 1. The Kier molecular flexibility index (Phi) is 4.39. The molecule has 1 aromatic carbocycles. The molecule has 2 aromatic rings. The number of thiophene rings is 1. The standard InChI is InChI=1S/C18H22N2O2S/c1-4-16(18-17(5-1)21-12-13-22-18)20-10-8-19(9-11-20)7-6-15-3-2-14-23-15/h1-5,14H,6-13H2. The summed E-state index contributed by atoms with van der Waals surface area (Å²) in [6, 6.07) is 10.6. The second kappa shape index (κ2) is 6.81. The number of nitrogens with zero attached hydrogens (tertiary/aromatic N) is 2. The maximum Gasteiger partial charge on any atom is 0.184 e. The monoisotopic (exact) mass is 330 g/mol. The van der Waals surface area contributed by atoms with Crippen molar-refractivity contribution in [1.29, 1.82) is 0 Å². The van der Waals surface area contributed by atoms with Gasteiger partial charge in [-0.2, -0.15) is 0 Å². The third-order valence-electron chi connectivity index (χ3n) is 4.51. The zero-order chi connectivity index (χ0) is 15.5. The van der Waals surface area contributed by atoms with E-state index in [4.69, 9.17) is 9.47 Å². The maximum atomic E-state index is 5.85. The SMILES string of the molecule is c1csc(CCN2CCN(c3cccc4c3OCCO4)CC2)c1. The number of piperazine rings is 1. The van der Waals surface area contributed by atoms with Gasteiger partial charge in [-0.15, -0.1) is 11.3 Å². The molecule has 0 N–H and O–H groups in total. The summed E-state index contributed by atoms with van der Waals surface area (Å²) < 4.78 is 11.5. The van der Waals surface area contributed by atoms with Crippen molar-refractivity contribution in [2.45, 2.75) is 6.42 Å². The first-order valence-electron chi connectivity index (χ1n) is 8.28. The van der Waals surface area contributed by atoms with Crippen LogP contribution in [0.4, 0.5) is 5.69 Å². The highest BCUT2D eigenvalue weighted by atomic mass is 32.1. The van der Waals surface area contributed by atoms with Crippen LogP contribution in [0.1, 0.15) is 4.88 Å². The molecule has 0 saturated carbocycles. The predicted molar refractivity (Wildman–Crippen MR) is 94.1 cm³/mol. The van der Waals surface area contributed by atoms with E-state index < -0.39 is 0 Å². The first kappa shape index (κ1) is 14.8. The van der Waals surface area contributed by atoms with Crippen LogP contribution in [0.15, 0.2) is 35.7 Å². The summed E-state index contributed by atoms with van der Waals surface area (Å²) in [5, 5.41) is 2.16. The molecular weight excluding hydrogens is 308 g/mol. The fourth-order valence-electron chi connectivity index (χ4n) is 3.24. The van der Waals surface area contributed by atoms with E-state index in [1.165, 1.54) is 10.6 Å². The normalized spacial score (nSPS) is 18.2. The Balaban J connectivity index is 1.36. The lowest BCUT2D eigenvalue weighted by molar-refractivity contribution is 0.171. The predicted octanol–water partition coefficient (Wildman–Crippen LogP) is 2.88. The molecule has 23 heavy (non-hydrogen) atoms. The van der Waals surface area contributed by atoms with Gasteiger partial charge in [0.15, 0.2) is 11.5 Å². The lowest BCUT2D eigenvalue weighted by Crippen LogP contribution is -2.47. The Morgan fingerprint density at radius 1 is 0.957 bits per heavy atom. The van der Waals surface area contributed by atoms with Gasteiger partial charge in [-0.3, -0.25) is 4.90 Å². The van der Waals surface area contributed by atoms with Crippen LogP contribution in [0, 0.1) is 0 Å². The molecule has 4 nitrogen and oxygen atoms in total. The molecule has 2 aliphatic rings. The summed E-state index contributed by atoms with van der Waals surface area (Å²) in [7, 11) is 0. The van der Waals surface area contributed by atoms with Gasteiger partial charge in [0.2, 0.25) is 0 Å². The fraction of sp³-hybridized carbons (Fsp3) is 0.444. The number of hydrogen-bond acceptors (Lipinski definition) is 5. The third kappa shape index (κ3) is 3.31. The fourth-order valence-corrected chi connectivity index (χ4v) is 3.94. The summed E-state index contributed by atoms with van der Waals surface area (Å²) in [6.45, 7) is 6.75. The largest absolute Gasteiger partial charge is 0.486 e. The van der Waals surface area contributed by atoms with E-state index in [0.29, 0.717) is 13.2 Å². The lowest BCUT2D eigenvalue weighted by Gasteiger charge is -2.37. The summed E-state index contributed by atoms with van der Waals surface area (Å²) in [5.74, 6) is 1.81. The lowest BCUT2D eigenvalue weighted by atomic mass is 10.2. The molecule has 1 aromatic heterocycles. The maximum absolute atomic E-state index is 5.85. The van der Waals surface area contributed by atoms with Gasteiger partial charge in [-0.1, -0.05) is 12.1 Å². The minimum Gasteiger partial charge on any atom is -0.486 e. The smallest absolute Gasteiger partial charge is 0.184 e. The average molecular weight is 330 g/mol.